The minimum atomic E-state index is -2.96. The van der Waals surface area contributed by atoms with Crippen LogP contribution in [0.25, 0.3) is 0 Å². The van der Waals surface area contributed by atoms with E-state index in [1.54, 1.807) is 20.8 Å². The van der Waals surface area contributed by atoms with Crippen LogP contribution in [0, 0.1) is 34.5 Å². The minimum absolute atomic E-state index is 0.0549. The summed E-state index contributed by atoms with van der Waals surface area (Å²) in [6.07, 6.45) is 2.91. The zero-order chi connectivity index (χ0) is 19.4. The lowest BCUT2D eigenvalue weighted by molar-refractivity contribution is -0.474. The van der Waals surface area contributed by atoms with Crippen LogP contribution in [-0.4, -0.2) is 43.2 Å². The third-order valence-corrected chi connectivity index (χ3v) is 8.01. The fourth-order valence-corrected chi connectivity index (χ4v) is 5.98. The Kier molecular flexibility index (Phi) is 5.44. The van der Waals surface area contributed by atoms with Gasteiger partial charge < -0.3 is 25.5 Å². The molecule has 2 aliphatic carbocycles. The predicted octanol–water partition coefficient (Wildman–Crippen LogP) is 2.24. The molecule has 25 heavy (non-hydrogen) atoms. The molecular formula is C20H38O5. The van der Waals surface area contributed by atoms with Crippen molar-refractivity contribution >= 4 is 0 Å². The maximum Gasteiger partial charge on any atom is 0.246 e. The molecule has 0 saturated heterocycles. The van der Waals surface area contributed by atoms with Gasteiger partial charge in [0.05, 0.1) is 0 Å². The number of hydrogen-bond donors (Lipinski definition) is 5. The lowest BCUT2D eigenvalue weighted by Crippen LogP contribution is -2.80. The molecule has 5 nitrogen and oxygen atoms in total. The highest BCUT2D eigenvalue weighted by molar-refractivity contribution is 5.18. The van der Waals surface area contributed by atoms with Gasteiger partial charge in [-0.15, -0.1) is 0 Å². The number of fused-ring (bicyclic) bond motifs is 1. The monoisotopic (exact) mass is 358 g/mol. The number of aliphatic hydroxyl groups excluding tert-OH is 1. The standard InChI is InChI=1S/C20H38O5/c1-7-12(2)8-10-14-13(3)9-11-15-17(4,5)16(21)19(22,23)20(24,25)18(14,15)6/h12-16,21-25H,7-11H2,1-6H3/t12-,13+,14+,15+,16?,18-/m1/s1. The van der Waals surface area contributed by atoms with Crippen LogP contribution in [0.1, 0.15) is 73.6 Å². The van der Waals surface area contributed by atoms with E-state index in [1.807, 2.05) is 0 Å². The molecule has 0 amide bonds. The Bertz CT molecular complexity index is 486. The highest BCUT2D eigenvalue weighted by Gasteiger charge is 2.76. The van der Waals surface area contributed by atoms with Gasteiger partial charge in [0.1, 0.15) is 6.10 Å². The number of aliphatic hydroxyl groups is 5. The molecule has 0 bridgehead atoms. The first-order valence-electron chi connectivity index (χ1n) is 9.83. The van der Waals surface area contributed by atoms with Crippen LogP contribution in [0.15, 0.2) is 0 Å². The molecule has 0 spiro atoms. The molecule has 0 radical (unpaired) electrons. The second-order valence-electron chi connectivity index (χ2n) is 9.71. The van der Waals surface area contributed by atoms with Gasteiger partial charge in [0.2, 0.25) is 11.6 Å². The van der Waals surface area contributed by atoms with Gasteiger partial charge >= 0.3 is 0 Å². The van der Waals surface area contributed by atoms with E-state index in [0.29, 0.717) is 5.92 Å². The van der Waals surface area contributed by atoms with Crippen LogP contribution in [0.4, 0.5) is 0 Å². The molecule has 2 fully saturated rings. The molecule has 1 unspecified atom stereocenters. The molecule has 148 valence electrons. The van der Waals surface area contributed by atoms with E-state index in [0.717, 1.165) is 32.1 Å². The third kappa shape index (κ3) is 2.78. The summed E-state index contributed by atoms with van der Waals surface area (Å²) in [4.78, 5) is 0. The smallest absolute Gasteiger partial charge is 0.246 e. The Morgan fingerprint density at radius 3 is 2.12 bits per heavy atom. The maximum atomic E-state index is 11.0. The number of rotatable bonds is 4. The largest absolute Gasteiger partial charge is 0.387 e. The summed E-state index contributed by atoms with van der Waals surface area (Å²) in [6.45, 7) is 11.8. The van der Waals surface area contributed by atoms with Crippen LogP contribution in [0.5, 0.6) is 0 Å². The van der Waals surface area contributed by atoms with E-state index in [9.17, 15) is 25.5 Å². The first kappa shape index (κ1) is 21.1. The first-order chi connectivity index (χ1) is 11.3. The van der Waals surface area contributed by atoms with E-state index >= 15 is 0 Å². The molecule has 0 aliphatic heterocycles. The lowest BCUT2D eigenvalue weighted by atomic mass is 9.42. The van der Waals surface area contributed by atoms with Crippen molar-refractivity contribution in [2.24, 2.45) is 34.5 Å². The predicted molar refractivity (Wildman–Crippen MR) is 96.3 cm³/mol. The highest BCUT2D eigenvalue weighted by Crippen LogP contribution is 2.66. The number of hydrogen-bond acceptors (Lipinski definition) is 5. The second kappa shape index (κ2) is 6.45. The molecule has 0 aromatic carbocycles. The topological polar surface area (TPSA) is 101 Å². The van der Waals surface area contributed by atoms with Gasteiger partial charge in [-0.25, -0.2) is 0 Å². The molecule has 0 heterocycles. The quantitative estimate of drug-likeness (QED) is 0.496. The van der Waals surface area contributed by atoms with Gasteiger partial charge in [0.15, 0.2) is 0 Å². The van der Waals surface area contributed by atoms with Crippen LogP contribution >= 0.6 is 0 Å². The van der Waals surface area contributed by atoms with Crippen molar-refractivity contribution in [1.82, 2.24) is 0 Å². The van der Waals surface area contributed by atoms with Crippen molar-refractivity contribution in [1.29, 1.82) is 0 Å². The van der Waals surface area contributed by atoms with E-state index in [2.05, 4.69) is 20.8 Å². The van der Waals surface area contributed by atoms with E-state index in [1.165, 1.54) is 0 Å². The Labute approximate surface area is 152 Å². The van der Waals surface area contributed by atoms with Crippen LogP contribution in [0.3, 0.4) is 0 Å². The second-order valence-corrected chi connectivity index (χ2v) is 9.71. The van der Waals surface area contributed by atoms with E-state index in [-0.39, 0.29) is 17.8 Å². The van der Waals surface area contributed by atoms with Crippen LogP contribution < -0.4 is 0 Å². The molecule has 0 aromatic heterocycles. The van der Waals surface area contributed by atoms with Crippen molar-refractivity contribution in [3.05, 3.63) is 0 Å². The summed E-state index contributed by atoms with van der Waals surface area (Å²) in [5, 5.41) is 53.6. The van der Waals surface area contributed by atoms with E-state index < -0.39 is 28.5 Å². The summed E-state index contributed by atoms with van der Waals surface area (Å²) in [6, 6.07) is 0. The summed E-state index contributed by atoms with van der Waals surface area (Å²) in [5.41, 5.74) is -1.94. The summed E-state index contributed by atoms with van der Waals surface area (Å²) in [7, 11) is 0. The molecule has 2 saturated carbocycles. The summed E-state index contributed by atoms with van der Waals surface area (Å²) in [5.74, 6) is -5.21. The average molecular weight is 359 g/mol. The Morgan fingerprint density at radius 2 is 1.60 bits per heavy atom. The summed E-state index contributed by atoms with van der Waals surface area (Å²) >= 11 is 0. The normalized spacial score (nSPS) is 43.3. The molecule has 2 rings (SSSR count). The fraction of sp³-hybridized carbons (Fsp3) is 1.00. The van der Waals surface area contributed by atoms with Crippen molar-refractivity contribution in [2.75, 3.05) is 0 Å². The minimum Gasteiger partial charge on any atom is -0.387 e. The Morgan fingerprint density at radius 1 is 1.04 bits per heavy atom. The lowest BCUT2D eigenvalue weighted by Gasteiger charge is -2.68. The molecule has 0 aromatic rings. The van der Waals surface area contributed by atoms with Crippen molar-refractivity contribution < 1.29 is 25.5 Å². The van der Waals surface area contributed by atoms with Crippen molar-refractivity contribution in [2.45, 2.75) is 91.3 Å². The van der Waals surface area contributed by atoms with Crippen LogP contribution in [0.2, 0.25) is 0 Å². The SMILES string of the molecule is CC[C@@H](C)CC[C@H]1[C@@H](C)CC[C@H]2C(C)(C)C(O)C(O)(O)C(O)(O)[C@]12C. The van der Waals surface area contributed by atoms with E-state index in [4.69, 9.17) is 0 Å². The summed E-state index contributed by atoms with van der Waals surface area (Å²) < 4.78 is 0. The van der Waals surface area contributed by atoms with Crippen molar-refractivity contribution in [3.8, 4) is 0 Å². The zero-order valence-electron chi connectivity index (χ0n) is 16.7. The molecule has 6 atom stereocenters. The van der Waals surface area contributed by atoms with Gasteiger partial charge in [-0.05, 0) is 41.9 Å². The van der Waals surface area contributed by atoms with Crippen molar-refractivity contribution in [3.63, 3.8) is 0 Å². The van der Waals surface area contributed by atoms with Crippen LogP contribution in [-0.2, 0) is 0 Å². The third-order valence-electron chi connectivity index (χ3n) is 8.01. The molecule has 5 N–H and O–H groups in total. The average Bonchev–Trinajstić information content (AvgIpc) is 2.51. The van der Waals surface area contributed by atoms with Gasteiger partial charge in [-0.3, -0.25) is 0 Å². The van der Waals surface area contributed by atoms with Gasteiger partial charge in [-0.1, -0.05) is 60.8 Å². The fourth-order valence-electron chi connectivity index (χ4n) is 5.98. The molecular weight excluding hydrogens is 320 g/mol. The maximum absolute atomic E-state index is 11.0. The van der Waals surface area contributed by atoms with Gasteiger partial charge in [0, 0.05) is 5.41 Å². The highest BCUT2D eigenvalue weighted by atomic mass is 16.6. The molecule has 2 aliphatic rings. The van der Waals surface area contributed by atoms with Gasteiger partial charge in [0.25, 0.3) is 0 Å². The first-order valence-corrected chi connectivity index (χ1v) is 9.83. The Hall–Kier alpha value is -0.200. The zero-order valence-corrected chi connectivity index (χ0v) is 16.7. The Balaban J connectivity index is 2.52. The molecule has 5 heteroatoms. The van der Waals surface area contributed by atoms with Gasteiger partial charge in [-0.2, -0.15) is 0 Å².